The summed E-state index contributed by atoms with van der Waals surface area (Å²) in [5.74, 6) is 1.71. The molecule has 0 amide bonds. The van der Waals surface area contributed by atoms with Crippen molar-refractivity contribution < 1.29 is 9.90 Å². The van der Waals surface area contributed by atoms with Crippen molar-refractivity contribution in [3.05, 3.63) is 29.3 Å². The molecule has 1 aromatic carbocycles. The minimum Gasteiger partial charge on any atom is -0.480 e. The van der Waals surface area contributed by atoms with Crippen LogP contribution in [-0.2, 0) is 11.2 Å². The van der Waals surface area contributed by atoms with Gasteiger partial charge in [0.15, 0.2) is 0 Å². The Balaban J connectivity index is 2.40. The third-order valence-corrected chi connectivity index (χ3v) is 2.37. The van der Waals surface area contributed by atoms with Crippen molar-refractivity contribution in [2.75, 3.05) is 5.32 Å². The van der Waals surface area contributed by atoms with Crippen LogP contribution in [0.15, 0.2) is 18.2 Å². The number of carboxylic acids is 1. The van der Waals surface area contributed by atoms with Gasteiger partial charge in [-0.05, 0) is 17.7 Å². The number of hydrogen-bond donors (Lipinski definition) is 2. The summed E-state index contributed by atoms with van der Waals surface area (Å²) in [5, 5.41) is 11.7. The Morgan fingerprint density at radius 2 is 2.43 bits per heavy atom. The van der Waals surface area contributed by atoms with Gasteiger partial charge in [0.2, 0.25) is 0 Å². The number of carboxylic acid groups (broad SMARTS) is 1. The largest absolute Gasteiger partial charge is 0.480 e. The normalized spacial score (nSPS) is 18.1. The van der Waals surface area contributed by atoms with E-state index in [0.717, 1.165) is 16.8 Å². The van der Waals surface area contributed by atoms with Gasteiger partial charge in [0.25, 0.3) is 0 Å². The second kappa shape index (κ2) is 3.08. The van der Waals surface area contributed by atoms with Gasteiger partial charge in [-0.1, -0.05) is 12.0 Å². The number of aliphatic carboxylic acids is 1. The highest BCUT2D eigenvalue weighted by atomic mass is 16.4. The van der Waals surface area contributed by atoms with Gasteiger partial charge in [0, 0.05) is 17.7 Å². The number of anilines is 1. The van der Waals surface area contributed by atoms with Crippen molar-refractivity contribution in [1.29, 1.82) is 0 Å². The third-order valence-electron chi connectivity index (χ3n) is 2.37. The lowest BCUT2D eigenvalue weighted by Gasteiger charge is -2.03. The van der Waals surface area contributed by atoms with E-state index in [1.165, 1.54) is 0 Å². The SMILES string of the molecule is C#Cc1cccc2c1C[C@H](C(=O)O)N2. The van der Waals surface area contributed by atoms with Crippen molar-refractivity contribution in [3.63, 3.8) is 0 Å². The summed E-state index contributed by atoms with van der Waals surface area (Å²) in [7, 11) is 0. The van der Waals surface area contributed by atoms with Crippen LogP contribution in [0.25, 0.3) is 0 Å². The molecule has 1 aromatic rings. The van der Waals surface area contributed by atoms with E-state index in [9.17, 15) is 4.79 Å². The molecular formula is C11H9NO2. The zero-order valence-electron chi connectivity index (χ0n) is 7.45. The summed E-state index contributed by atoms with van der Waals surface area (Å²) in [6.07, 6.45) is 5.78. The van der Waals surface area contributed by atoms with Crippen LogP contribution in [0.5, 0.6) is 0 Å². The highest BCUT2D eigenvalue weighted by Gasteiger charge is 2.27. The van der Waals surface area contributed by atoms with Crippen LogP contribution >= 0.6 is 0 Å². The number of benzene rings is 1. The van der Waals surface area contributed by atoms with Gasteiger partial charge >= 0.3 is 5.97 Å². The molecule has 1 atom stereocenters. The lowest BCUT2D eigenvalue weighted by molar-refractivity contribution is -0.137. The molecule has 0 bridgehead atoms. The van der Waals surface area contributed by atoms with Gasteiger partial charge in [-0.3, -0.25) is 0 Å². The van der Waals surface area contributed by atoms with E-state index in [0.29, 0.717) is 6.42 Å². The summed E-state index contributed by atoms with van der Waals surface area (Å²) in [6, 6.07) is 4.95. The monoisotopic (exact) mass is 187 g/mol. The Hall–Kier alpha value is -1.95. The molecule has 0 fully saturated rings. The fourth-order valence-electron chi connectivity index (χ4n) is 1.67. The van der Waals surface area contributed by atoms with Crippen LogP contribution in [0.1, 0.15) is 11.1 Å². The number of terminal acetylenes is 1. The molecule has 3 heteroatoms. The van der Waals surface area contributed by atoms with Gasteiger partial charge in [0.1, 0.15) is 6.04 Å². The number of hydrogen-bond acceptors (Lipinski definition) is 2. The fraction of sp³-hybridized carbons (Fsp3) is 0.182. The highest BCUT2D eigenvalue weighted by molar-refractivity contribution is 5.82. The molecule has 70 valence electrons. The molecule has 0 unspecified atom stereocenters. The maximum Gasteiger partial charge on any atom is 0.326 e. The summed E-state index contributed by atoms with van der Waals surface area (Å²) in [5.41, 5.74) is 2.55. The summed E-state index contributed by atoms with van der Waals surface area (Å²) in [4.78, 5) is 10.8. The zero-order valence-corrected chi connectivity index (χ0v) is 7.45. The molecular weight excluding hydrogens is 178 g/mol. The Labute approximate surface area is 81.8 Å². The summed E-state index contributed by atoms with van der Waals surface area (Å²) >= 11 is 0. The lowest BCUT2D eigenvalue weighted by Crippen LogP contribution is -2.26. The molecule has 0 saturated carbocycles. The van der Waals surface area contributed by atoms with Crippen LogP contribution in [0.2, 0.25) is 0 Å². The quantitative estimate of drug-likeness (QED) is 0.647. The van der Waals surface area contributed by atoms with Crippen molar-refractivity contribution in [1.82, 2.24) is 0 Å². The van der Waals surface area contributed by atoms with Gasteiger partial charge in [0.05, 0.1) is 0 Å². The van der Waals surface area contributed by atoms with Gasteiger partial charge in [-0.2, -0.15) is 0 Å². The molecule has 0 aliphatic carbocycles. The lowest BCUT2D eigenvalue weighted by atomic mass is 10.0. The zero-order chi connectivity index (χ0) is 10.1. The topological polar surface area (TPSA) is 49.3 Å². The van der Waals surface area contributed by atoms with E-state index >= 15 is 0 Å². The van der Waals surface area contributed by atoms with Crippen molar-refractivity contribution in [2.45, 2.75) is 12.5 Å². The summed E-state index contributed by atoms with van der Waals surface area (Å²) < 4.78 is 0. The predicted molar refractivity (Wildman–Crippen MR) is 53.1 cm³/mol. The van der Waals surface area contributed by atoms with E-state index in [4.69, 9.17) is 11.5 Å². The predicted octanol–water partition coefficient (Wildman–Crippen LogP) is 1.09. The van der Waals surface area contributed by atoms with Gasteiger partial charge < -0.3 is 10.4 Å². The first-order chi connectivity index (χ1) is 6.72. The second-order valence-electron chi connectivity index (χ2n) is 3.22. The Bertz CT molecular complexity index is 431. The molecule has 0 aromatic heterocycles. The van der Waals surface area contributed by atoms with E-state index in [1.807, 2.05) is 18.2 Å². The molecule has 1 heterocycles. The Morgan fingerprint density at radius 3 is 3.07 bits per heavy atom. The van der Waals surface area contributed by atoms with E-state index in [1.54, 1.807) is 0 Å². The highest BCUT2D eigenvalue weighted by Crippen LogP contribution is 2.28. The maximum absolute atomic E-state index is 10.8. The van der Waals surface area contributed by atoms with E-state index in [-0.39, 0.29) is 0 Å². The van der Waals surface area contributed by atoms with Gasteiger partial charge in [-0.25, -0.2) is 4.79 Å². The molecule has 1 aliphatic heterocycles. The third kappa shape index (κ3) is 1.21. The minimum atomic E-state index is -0.843. The van der Waals surface area contributed by atoms with Crippen molar-refractivity contribution >= 4 is 11.7 Å². The Kier molecular flexibility index (Phi) is 1.90. The van der Waals surface area contributed by atoms with Gasteiger partial charge in [-0.15, -0.1) is 6.42 Å². The Morgan fingerprint density at radius 1 is 1.64 bits per heavy atom. The minimum absolute atomic E-state index is 0.463. The first-order valence-corrected chi connectivity index (χ1v) is 4.30. The molecule has 2 N–H and O–H groups in total. The van der Waals surface area contributed by atoms with Crippen LogP contribution < -0.4 is 5.32 Å². The van der Waals surface area contributed by atoms with Crippen LogP contribution in [0.4, 0.5) is 5.69 Å². The number of fused-ring (bicyclic) bond motifs is 1. The first kappa shape index (κ1) is 8.64. The van der Waals surface area contributed by atoms with E-state index in [2.05, 4.69) is 11.2 Å². The summed E-state index contributed by atoms with van der Waals surface area (Å²) in [6.45, 7) is 0. The fourth-order valence-corrected chi connectivity index (χ4v) is 1.67. The molecule has 1 aliphatic rings. The number of carbonyl (C=O) groups is 1. The molecule has 3 nitrogen and oxygen atoms in total. The number of rotatable bonds is 1. The smallest absolute Gasteiger partial charge is 0.326 e. The average Bonchev–Trinajstić information content (AvgIpc) is 2.60. The molecule has 0 radical (unpaired) electrons. The maximum atomic E-state index is 10.8. The van der Waals surface area contributed by atoms with Crippen LogP contribution in [-0.4, -0.2) is 17.1 Å². The first-order valence-electron chi connectivity index (χ1n) is 4.30. The van der Waals surface area contributed by atoms with E-state index < -0.39 is 12.0 Å². The van der Waals surface area contributed by atoms with Crippen LogP contribution in [0, 0.1) is 12.3 Å². The van der Waals surface area contributed by atoms with Crippen molar-refractivity contribution in [2.24, 2.45) is 0 Å². The molecule has 0 spiro atoms. The number of nitrogens with one attached hydrogen (secondary N) is 1. The molecule has 14 heavy (non-hydrogen) atoms. The van der Waals surface area contributed by atoms with Crippen LogP contribution in [0.3, 0.4) is 0 Å². The molecule has 0 saturated heterocycles. The average molecular weight is 187 g/mol. The standard InChI is InChI=1S/C11H9NO2/c1-2-7-4-3-5-9-8(7)6-10(12-9)11(13)14/h1,3-5,10,12H,6H2,(H,13,14)/t10-/m1/s1. The second-order valence-corrected chi connectivity index (χ2v) is 3.22. The molecule has 2 rings (SSSR count). The van der Waals surface area contributed by atoms with Crippen molar-refractivity contribution in [3.8, 4) is 12.3 Å².